The lowest BCUT2D eigenvalue weighted by Gasteiger charge is -2.39. The van der Waals surface area contributed by atoms with Crippen LogP contribution in [0.25, 0.3) is 0 Å². The fourth-order valence-corrected chi connectivity index (χ4v) is 3.79. The lowest BCUT2D eigenvalue weighted by atomic mass is 9.70. The van der Waals surface area contributed by atoms with E-state index in [1.807, 2.05) is 11.3 Å². The molecular weight excluding hydrogens is 226 g/mol. The zero-order valence-corrected chi connectivity index (χ0v) is 12.1. The first kappa shape index (κ1) is 13.1. The Morgan fingerprint density at radius 2 is 2.12 bits per heavy atom. The summed E-state index contributed by atoms with van der Waals surface area (Å²) in [5.74, 6) is 0.919. The number of hydrogen-bond acceptors (Lipinski definition) is 2. The van der Waals surface area contributed by atoms with Crippen molar-refractivity contribution in [2.24, 2.45) is 5.92 Å². The van der Waals surface area contributed by atoms with Crippen LogP contribution in [0.1, 0.15) is 51.3 Å². The summed E-state index contributed by atoms with van der Waals surface area (Å²) in [6.45, 7) is 8.03. The Morgan fingerprint density at radius 3 is 2.65 bits per heavy atom. The summed E-state index contributed by atoms with van der Waals surface area (Å²) in [6, 6.07) is 5.13. The Hall–Kier alpha value is -0.340. The topological polar surface area (TPSA) is 12.0 Å². The van der Waals surface area contributed by atoms with Gasteiger partial charge < -0.3 is 5.32 Å². The number of rotatable bonds is 4. The van der Waals surface area contributed by atoms with Crippen molar-refractivity contribution in [3.63, 3.8) is 0 Å². The summed E-state index contributed by atoms with van der Waals surface area (Å²) in [5, 5.41) is 5.89. The highest BCUT2D eigenvalue weighted by Crippen LogP contribution is 2.42. The molecule has 2 rings (SSSR count). The fraction of sp³-hybridized carbons (Fsp3) is 0.733. The van der Waals surface area contributed by atoms with Gasteiger partial charge in [-0.05, 0) is 43.0 Å². The van der Waals surface area contributed by atoms with Crippen molar-refractivity contribution in [2.45, 2.75) is 57.9 Å². The molecule has 0 radical (unpaired) electrons. The maximum atomic E-state index is 3.67. The molecule has 1 saturated carbocycles. The summed E-state index contributed by atoms with van der Waals surface area (Å²) in [4.78, 5) is 1.59. The summed E-state index contributed by atoms with van der Waals surface area (Å²) < 4.78 is 0. The second-order valence-electron chi connectivity index (χ2n) is 5.98. The molecule has 1 heterocycles. The van der Waals surface area contributed by atoms with Crippen molar-refractivity contribution < 1.29 is 0 Å². The third-order valence-corrected chi connectivity index (χ3v) is 5.24. The number of nitrogens with one attached hydrogen (secondary N) is 1. The van der Waals surface area contributed by atoms with Crippen LogP contribution in [0.15, 0.2) is 17.5 Å². The van der Waals surface area contributed by atoms with Gasteiger partial charge in [0.15, 0.2) is 0 Å². The van der Waals surface area contributed by atoms with Crippen LogP contribution in [0.5, 0.6) is 0 Å². The smallest absolute Gasteiger partial charge is 0.0172 e. The maximum Gasteiger partial charge on any atom is 0.0172 e. The van der Waals surface area contributed by atoms with Crippen LogP contribution in [-0.2, 0) is 5.41 Å². The van der Waals surface area contributed by atoms with E-state index in [0.717, 1.165) is 12.5 Å². The first-order valence-corrected chi connectivity index (χ1v) is 7.78. The lowest BCUT2D eigenvalue weighted by molar-refractivity contribution is 0.233. The molecular formula is C15H25NS. The molecule has 1 aromatic heterocycles. The maximum absolute atomic E-state index is 3.67. The minimum atomic E-state index is 0.422. The third-order valence-electron chi connectivity index (χ3n) is 4.12. The fourth-order valence-electron chi connectivity index (χ4n) is 2.80. The average molecular weight is 251 g/mol. The highest BCUT2D eigenvalue weighted by Gasteiger charge is 2.36. The van der Waals surface area contributed by atoms with Gasteiger partial charge in [-0.25, -0.2) is 0 Å². The summed E-state index contributed by atoms with van der Waals surface area (Å²) in [5.41, 5.74) is 0.422. The second kappa shape index (κ2) is 5.53. The van der Waals surface area contributed by atoms with E-state index < -0.39 is 0 Å². The highest BCUT2D eigenvalue weighted by molar-refractivity contribution is 7.10. The molecule has 0 amide bonds. The van der Waals surface area contributed by atoms with Crippen LogP contribution < -0.4 is 5.32 Å². The molecule has 0 aliphatic heterocycles. The molecule has 1 aliphatic carbocycles. The molecule has 1 fully saturated rings. The van der Waals surface area contributed by atoms with Crippen molar-refractivity contribution in [1.82, 2.24) is 5.32 Å². The molecule has 0 bridgehead atoms. The minimum Gasteiger partial charge on any atom is -0.314 e. The van der Waals surface area contributed by atoms with Crippen LogP contribution in [0.4, 0.5) is 0 Å². The van der Waals surface area contributed by atoms with Gasteiger partial charge in [0, 0.05) is 22.9 Å². The molecule has 1 aliphatic rings. The van der Waals surface area contributed by atoms with E-state index in [1.54, 1.807) is 4.88 Å². The third kappa shape index (κ3) is 3.11. The van der Waals surface area contributed by atoms with Gasteiger partial charge in [0.1, 0.15) is 0 Å². The van der Waals surface area contributed by atoms with Crippen molar-refractivity contribution in [2.75, 3.05) is 6.54 Å². The molecule has 96 valence electrons. The van der Waals surface area contributed by atoms with Gasteiger partial charge in [-0.15, -0.1) is 11.3 Å². The summed E-state index contributed by atoms with van der Waals surface area (Å²) in [7, 11) is 0. The largest absolute Gasteiger partial charge is 0.314 e. The molecule has 0 spiro atoms. The predicted molar refractivity (Wildman–Crippen MR) is 76.8 cm³/mol. The second-order valence-corrected chi connectivity index (χ2v) is 6.92. The molecule has 1 N–H and O–H groups in total. The standard InChI is InChI=1S/C15H25NS/c1-12(2)16-11-15(14-5-4-10-17-14)8-6-13(3)7-9-15/h4-5,10,12-13,16H,6-9,11H2,1-3H3. The Balaban J connectivity index is 2.12. The van der Waals surface area contributed by atoms with Crippen molar-refractivity contribution in [3.8, 4) is 0 Å². The predicted octanol–water partition coefficient (Wildman–Crippen LogP) is 4.19. The Labute approximate surface area is 110 Å². The van der Waals surface area contributed by atoms with Gasteiger partial charge in [0.2, 0.25) is 0 Å². The first-order valence-electron chi connectivity index (χ1n) is 6.90. The molecule has 0 saturated heterocycles. The summed E-state index contributed by atoms with van der Waals surface area (Å²) >= 11 is 1.94. The Bertz CT molecular complexity index is 321. The van der Waals surface area contributed by atoms with Gasteiger partial charge in [0.25, 0.3) is 0 Å². The molecule has 17 heavy (non-hydrogen) atoms. The molecule has 1 aromatic rings. The van der Waals surface area contributed by atoms with Crippen LogP contribution in [0, 0.1) is 5.92 Å². The van der Waals surface area contributed by atoms with E-state index in [9.17, 15) is 0 Å². The zero-order chi connectivity index (χ0) is 12.3. The number of thiophene rings is 1. The number of hydrogen-bond donors (Lipinski definition) is 1. The monoisotopic (exact) mass is 251 g/mol. The van der Waals surface area contributed by atoms with E-state index in [4.69, 9.17) is 0 Å². The minimum absolute atomic E-state index is 0.422. The molecule has 2 heteroatoms. The first-order chi connectivity index (χ1) is 8.12. The molecule has 0 unspecified atom stereocenters. The van der Waals surface area contributed by atoms with Crippen LogP contribution in [0.3, 0.4) is 0 Å². The van der Waals surface area contributed by atoms with Crippen molar-refractivity contribution in [3.05, 3.63) is 22.4 Å². The normalized spacial score (nSPS) is 29.8. The van der Waals surface area contributed by atoms with Crippen molar-refractivity contribution >= 4 is 11.3 Å². The average Bonchev–Trinajstić information content (AvgIpc) is 2.83. The molecule has 0 aromatic carbocycles. The van der Waals surface area contributed by atoms with Gasteiger partial charge in [-0.1, -0.05) is 26.8 Å². The van der Waals surface area contributed by atoms with Crippen LogP contribution in [-0.4, -0.2) is 12.6 Å². The van der Waals surface area contributed by atoms with Gasteiger partial charge in [0.05, 0.1) is 0 Å². The van der Waals surface area contributed by atoms with Gasteiger partial charge in [-0.2, -0.15) is 0 Å². The van der Waals surface area contributed by atoms with E-state index in [0.29, 0.717) is 11.5 Å². The van der Waals surface area contributed by atoms with E-state index >= 15 is 0 Å². The summed E-state index contributed by atoms with van der Waals surface area (Å²) in [6.07, 6.45) is 5.48. The van der Waals surface area contributed by atoms with Crippen LogP contribution >= 0.6 is 11.3 Å². The highest BCUT2D eigenvalue weighted by atomic mass is 32.1. The Morgan fingerprint density at radius 1 is 1.41 bits per heavy atom. The SMILES string of the molecule is CC1CCC(CNC(C)C)(c2cccs2)CC1. The lowest BCUT2D eigenvalue weighted by Crippen LogP contribution is -2.42. The van der Waals surface area contributed by atoms with E-state index in [-0.39, 0.29) is 0 Å². The molecule has 0 atom stereocenters. The van der Waals surface area contributed by atoms with Crippen LogP contribution in [0.2, 0.25) is 0 Å². The Kier molecular flexibility index (Phi) is 4.26. The van der Waals surface area contributed by atoms with Crippen molar-refractivity contribution in [1.29, 1.82) is 0 Å². The van der Waals surface area contributed by atoms with E-state index in [1.165, 1.54) is 25.7 Å². The zero-order valence-electron chi connectivity index (χ0n) is 11.3. The quantitative estimate of drug-likeness (QED) is 0.846. The van der Waals surface area contributed by atoms with E-state index in [2.05, 4.69) is 43.6 Å². The van der Waals surface area contributed by atoms with Gasteiger partial charge in [-0.3, -0.25) is 0 Å². The molecule has 1 nitrogen and oxygen atoms in total. The van der Waals surface area contributed by atoms with Gasteiger partial charge >= 0.3 is 0 Å².